The van der Waals surface area contributed by atoms with Gasteiger partial charge in [-0.3, -0.25) is 0 Å². The topological polar surface area (TPSA) is 58.6 Å². The maximum atomic E-state index is 10.6. The molecule has 0 bridgehead atoms. The first-order valence-electron chi connectivity index (χ1n) is 3.61. The minimum atomic E-state index is -0.392. The zero-order valence-corrected chi connectivity index (χ0v) is 6.76. The zero-order chi connectivity index (χ0) is 8.48. The van der Waals surface area contributed by atoms with Crippen molar-refractivity contribution in [2.24, 2.45) is 5.41 Å². The Labute approximate surface area is 65.5 Å². The van der Waals surface area contributed by atoms with Gasteiger partial charge in [-0.15, -0.1) is 0 Å². The third-order valence-corrected chi connectivity index (χ3v) is 1.96. The number of aliphatic hydroxyl groups excluding tert-OH is 1. The van der Waals surface area contributed by atoms with Gasteiger partial charge in [-0.2, -0.15) is 0 Å². The molecule has 0 aromatic heterocycles. The Balaban J connectivity index is 2.55. The van der Waals surface area contributed by atoms with Gasteiger partial charge in [0.2, 0.25) is 0 Å². The lowest BCUT2D eigenvalue weighted by Gasteiger charge is -2.26. The van der Waals surface area contributed by atoms with Crippen molar-refractivity contribution >= 4 is 6.09 Å². The number of nitrogens with one attached hydrogen (secondary N) is 1. The average Bonchev–Trinajstić information content (AvgIpc) is 2.36. The summed E-state index contributed by atoms with van der Waals surface area (Å²) in [7, 11) is 0. The summed E-state index contributed by atoms with van der Waals surface area (Å²) in [5.74, 6) is 0. The van der Waals surface area contributed by atoms with E-state index in [2.05, 4.69) is 5.32 Å². The van der Waals surface area contributed by atoms with Crippen LogP contribution in [0.1, 0.15) is 13.8 Å². The molecule has 1 amide bonds. The van der Waals surface area contributed by atoms with Crippen LogP contribution in [-0.2, 0) is 4.74 Å². The summed E-state index contributed by atoms with van der Waals surface area (Å²) in [6, 6.07) is 0. The monoisotopic (exact) mass is 159 g/mol. The van der Waals surface area contributed by atoms with Crippen molar-refractivity contribution in [1.29, 1.82) is 0 Å². The average molecular weight is 159 g/mol. The number of hydrogen-bond donors (Lipinski definition) is 2. The van der Waals surface area contributed by atoms with Crippen LogP contribution in [0.25, 0.3) is 0 Å². The van der Waals surface area contributed by atoms with E-state index in [0.717, 1.165) is 0 Å². The van der Waals surface area contributed by atoms with Gasteiger partial charge in [0.05, 0.1) is 13.2 Å². The highest BCUT2D eigenvalue weighted by Crippen LogP contribution is 2.24. The molecule has 0 aliphatic carbocycles. The third kappa shape index (κ3) is 1.63. The van der Waals surface area contributed by atoms with E-state index in [1.165, 1.54) is 0 Å². The molecule has 1 atom stereocenters. The Morgan fingerprint density at radius 1 is 1.82 bits per heavy atom. The van der Waals surface area contributed by atoms with Crippen LogP contribution >= 0.6 is 0 Å². The molecule has 11 heavy (non-hydrogen) atoms. The lowest BCUT2D eigenvalue weighted by atomic mass is 9.88. The molecule has 4 nitrogen and oxygen atoms in total. The lowest BCUT2D eigenvalue weighted by Crippen LogP contribution is -2.35. The van der Waals surface area contributed by atoms with Crippen molar-refractivity contribution in [3.63, 3.8) is 0 Å². The Bertz CT molecular complexity index is 167. The van der Waals surface area contributed by atoms with Gasteiger partial charge in [0.25, 0.3) is 0 Å². The van der Waals surface area contributed by atoms with E-state index < -0.39 is 6.09 Å². The van der Waals surface area contributed by atoms with E-state index >= 15 is 0 Å². The van der Waals surface area contributed by atoms with Crippen molar-refractivity contribution in [3.05, 3.63) is 0 Å². The molecule has 1 heterocycles. The molecule has 0 saturated carbocycles. The van der Waals surface area contributed by atoms with Crippen LogP contribution in [0.2, 0.25) is 0 Å². The molecule has 1 fully saturated rings. The van der Waals surface area contributed by atoms with Gasteiger partial charge < -0.3 is 15.2 Å². The number of alkyl carbamates (subject to hydrolysis) is 1. The van der Waals surface area contributed by atoms with Crippen molar-refractivity contribution < 1.29 is 14.6 Å². The van der Waals surface area contributed by atoms with E-state index in [-0.39, 0.29) is 18.1 Å². The van der Waals surface area contributed by atoms with Crippen LogP contribution in [0, 0.1) is 5.41 Å². The fraction of sp³-hybridized carbons (Fsp3) is 0.857. The summed E-state index contributed by atoms with van der Waals surface area (Å²) in [6.45, 7) is 4.23. The molecule has 1 saturated heterocycles. The molecule has 1 rings (SSSR count). The number of hydrogen-bond acceptors (Lipinski definition) is 3. The quantitative estimate of drug-likeness (QED) is 0.601. The molecule has 2 N–H and O–H groups in total. The van der Waals surface area contributed by atoms with Gasteiger partial charge in [-0.25, -0.2) is 4.79 Å². The summed E-state index contributed by atoms with van der Waals surface area (Å²) >= 11 is 0. The van der Waals surface area contributed by atoms with Gasteiger partial charge in [-0.1, -0.05) is 13.8 Å². The van der Waals surface area contributed by atoms with Gasteiger partial charge in [-0.05, 0) is 0 Å². The van der Waals surface area contributed by atoms with Gasteiger partial charge in [0.1, 0.15) is 6.10 Å². The van der Waals surface area contributed by atoms with E-state index in [1.807, 2.05) is 13.8 Å². The molecule has 1 unspecified atom stereocenters. The van der Waals surface area contributed by atoms with E-state index in [0.29, 0.717) is 6.54 Å². The summed E-state index contributed by atoms with van der Waals surface area (Å²) in [5.41, 5.74) is -0.348. The molecule has 0 aromatic rings. The van der Waals surface area contributed by atoms with Crippen LogP contribution in [0.3, 0.4) is 0 Å². The van der Waals surface area contributed by atoms with Crippen LogP contribution in [0.5, 0.6) is 0 Å². The predicted octanol–water partition coefficient (Wildman–Crippen LogP) is 0.113. The van der Waals surface area contributed by atoms with Gasteiger partial charge in [0, 0.05) is 5.41 Å². The summed E-state index contributed by atoms with van der Waals surface area (Å²) in [4.78, 5) is 10.6. The second-order valence-electron chi connectivity index (χ2n) is 3.42. The first-order valence-corrected chi connectivity index (χ1v) is 3.61. The SMILES string of the molecule is CC(C)(CO)C1CNC(=O)O1. The van der Waals surface area contributed by atoms with Gasteiger partial charge >= 0.3 is 6.09 Å². The van der Waals surface area contributed by atoms with E-state index in [4.69, 9.17) is 9.84 Å². The second kappa shape index (κ2) is 2.70. The predicted molar refractivity (Wildman–Crippen MR) is 39.1 cm³/mol. The molecule has 0 spiro atoms. The second-order valence-corrected chi connectivity index (χ2v) is 3.42. The van der Waals surface area contributed by atoms with E-state index in [1.54, 1.807) is 0 Å². The number of amides is 1. The van der Waals surface area contributed by atoms with Crippen LogP contribution in [0.4, 0.5) is 4.79 Å². The van der Waals surface area contributed by atoms with Crippen molar-refractivity contribution in [3.8, 4) is 0 Å². The molecule has 0 aromatic carbocycles. The minimum Gasteiger partial charge on any atom is -0.444 e. The molecule has 1 aliphatic heterocycles. The maximum Gasteiger partial charge on any atom is 0.407 e. The smallest absolute Gasteiger partial charge is 0.407 e. The summed E-state index contributed by atoms with van der Waals surface area (Å²) < 4.78 is 4.91. The third-order valence-electron chi connectivity index (χ3n) is 1.96. The molecular formula is C7H13NO3. The number of carbonyl (C=O) groups excluding carboxylic acids is 1. The number of ether oxygens (including phenoxy) is 1. The van der Waals surface area contributed by atoms with Crippen molar-refractivity contribution in [2.45, 2.75) is 20.0 Å². The zero-order valence-electron chi connectivity index (χ0n) is 6.76. The van der Waals surface area contributed by atoms with Crippen LogP contribution < -0.4 is 5.32 Å². The van der Waals surface area contributed by atoms with Gasteiger partial charge in [0.15, 0.2) is 0 Å². The minimum absolute atomic E-state index is 0.0205. The largest absolute Gasteiger partial charge is 0.444 e. The Morgan fingerprint density at radius 2 is 2.45 bits per heavy atom. The van der Waals surface area contributed by atoms with Crippen LogP contribution in [0.15, 0.2) is 0 Å². The first-order chi connectivity index (χ1) is 5.06. The van der Waals surface area contributed by atoms with E-state index in [9.17, 15) is 4.79 Å². The highest BCUT2D eigenvalue weighted by atomic mass is 16.6. The molecule has 64 valence electrons. The lowest BCUT2D eigenvalue weighted by molar-refractivity contribution is 0.0228. The maximum absolute atomic E-state index is 10.6. The molecular weight excluding hydrogens is 146 g/mol. The first kappa shape index (κ1) is 8.33. The molecule has 1 aliphatic rings. The highest BCUT2D eigenvalue weighted by molar-refractivity contribution is 5.69. The number of cyclic esters (lactones) is 1. The number of carbonyl (C=O) groups is 1. The Hall–Kier alpha value is -0.770. The van der Waals surface area contributed by atoms with Crippen molar-refractivity contribution in [2.75, 3.05) is 13.2 Å². The molecule has 0 radical (unpaired) electrons. The normalized spacial score (nSPS) is 24.6. The Morgan fingerprint density at radius 3 is 2.82 bits per heavy atom. The summed E-state index contributed by atoms with van der Waals surface area (Å²) in [5, 5.41) is 11.5. The Kier molecular flexibility index (Phi) is 2.04. The number of aliphatic hydroxyl groups is 1. The fourth-order valence-electron chi connectivity index (χ4n) is 0.926. The highest BCUT2D eigenvalue weighted by Gasteiger charge is 2.36. The van der Waals surface area contributed by atoms with Crippen molar-refractivity contribution in [1.82, 2.24) is 5.32 Å². The summed E-state index contributed by atoms with van der Waals surface area (Å²) in [6.07, 6.45) is -0.600. The molecule has 4 heteroatoms. The number of rotatable bonds is 2. The standard InChI is InChI=1S/C7H13NO3/c1-7(2,4-9)5-3-8-6(10)11-5/h5,9H,3-4H2,1-2H3,(H,8,10). The van der Waals surface area contributed by atoms with Crippen LogP contribution in [-0.4, -0.2) is 30.5 Å². The fourth-order valence-corrected chi connectivity index (χ4v) is 0.926.